The van der Waals surface area contributed by atoms with Crippen LogP contribution in [0, 0.1) is 6.92 Å². The largest absolute Gasteiger partial charge is 0.365 e. The van der Waals surface area contributed by atoms with Gasteiger partial charge in [0.05, 0.1) is 36.5 Å². The molecule has 0 unspecified atom stereocenters. The highest BCUT2D eigenvalue weighted by atomic mass is 15.5. The second-order valence-corrected chi connectivity index (χ2v) is 19.5. The van der Waals surface area contributed by atoms with Gasteiger partial charge in [0.25, 0.3) is 0 Å². The lowest BCUT2D eigenvalue weighted by Crippen LogP contribution is -2.17. The fourth-order valence-corrected chi connectivity index (χ4v) is 5.40. The minimum Gasteiger partial charge on any atom is -0.365 e. The average molecular weight is 903 g/mol. The summed E-state index contributed by atoms with van der Waals surface area (Å²) in [6.07, 6.45) is 19.9. The lowest BCUT2D eigenvalue weighted by molar-refractivity contribution is 0.466. The maximum absolute atomic E-state index is 4.30. The summed E-state index contributed by atoms with van der Waals surface area (Å²) in [4.78, 5) is 8.60. The van der Waals surface area contributed by atoms with E-state index < -0.39 is 0 Å². The van der Waals surface area contributed by atoms with E-state index in [-0.39, 0.29) is 31.1 Å². The van der Waals surface area contributed by atoms with Crippen LogP contribution >= 0.6 is 0 Å². The number of nitrogens with one attached hydrogen (secondary N) is 1. The molecule has 65 heavy (non-hydrogen) atoms. The minimum atomic E-state index is 0. The molecule has 0 radical (unpaired) electrons. The Balaban J connectivity index is 0. The first-order chi connectivity index (χ1) is 29.1. The molecule has 0 aliphatic heterocycles. The van der Waals surface area contributed by atoms with Gasteiger partial charge in [-0.25, -0.2) is 4.98 Å². The van der Waals surface area contributed by atoms with Crippen molar-refractivity contribution in [3.05, 3.63) is 115 Å². The van der Waals surface area contributed by atoms with Gasteiger partial charge in [-0.1, -0.05) is 91.0 Å². The van der Waals surface area contributed by atoms with Gasteiger partial charge in [0.15, 0.2) is 0 Å². The van der Waals surface area contributed by atoms with Gasteiger partial charge in [-0.3, -0.25) is 18.7 Å². The van der Waals surface area contributed by atoms with Crippen LogP contribution in [0.1, 0.15) is 185 Å². The van der Waals surface area contributed by atoms with E-state index >= 15 is 0 Å². The van der Waals surface area contributed by atoms with Crippen LogP contribution in [-0.4, -0.2) is 78.8 Å². The smallest absolute Gasteiger partial charge is 0.137 e. The number of rotatable bonds is 4. The second kappa shape index (κ2) is 29.0. The van der Waals surface area contributed by atoms with E-state index in [4.69, 9.17) is 0 Å². The summed E-state index contributed by atoms with van der Waals surface area (Å²) < 4.78 is 9.37. The highest BCUT2D eigenvalue weighted by Crippen LogP contribution is 2.24. The molecule has 7 rings (SSSR count). The number of hydrogen-bond acceptors (Lipinski definition) is 9. The molecule has 0 saturated heterocycles. The Morgan fingerprint density at radius 3 is 1.42 bits per heavy atom. The quantitative estimate of drug-likeness (QED) is 0.181. The standard InChI is InChI=1S/C9H16N2.2C8H14N2.C7H11N.3C5H9N3.2CH4/c1-7-6-10-11(5)8(7)9(2,3)4;1-8(2,3)7-5-9-10(4)6-7;1-8(2,3)7-5-6-10(4)9-7;1-6(2)7-4-3-5-8-7;1-5(2)8-3-6-7-4-8;1-5(2)8-4-6-3-7-8;1-5(2)8-6-3-4-7-8;;/h6H,1-5H3;2*5-6H,1-4H3;3-6,8H,1-2H3;3*3-5H,1-2H3;2*1H4. The molecule has 16 heteroatoms. The molecular formula is C49H90N16. The first-order valence-electron chi connectivity index (χ1n) is 21.8. The lowest BCUT2D eigenvalue weighted by Gasteiger charge is -2.19. The predicted octanol–water partition coefficient (Wildman–Crippen LogP) is 11.4. The van der Waals surface area contributed by atoms with Gasteiger partial charge in [0.2, 0.25) is 0 Å². The maximum Gasteiger partial charge on any atom is 0.137 e. The van der Waals surface area contributed by atoms with Crippen LogP contribution in [-0.2, 0) is 37.4 Å². The highest BCUT2D eigenvalue weighted by Gasteiger charge is 2.20. The van der Waals surface area contributed by atoms with Gasteiger partial charge < -0.3 is 9.55 Å². The highest BCUT2D eigenvalue weighted by molar-refractivity contribution is 5.22. The van der Waals surface area contributed by atoms with Crippen LogP contribution in [0.25, 0.3) is 0 Å². The van der Waals surface area contributed by atoms with E-state index in [1.54, 1.807) is 47.2 Å². The van der Waals surface area contributed by atoms with Crippen LogP contribution in [0.5, 0.6) is 0 Å². The molecule has 366 valence electrons. The Labute approximate surface area is 393 Å². The lowest BCUT2D eigenvalue weighted by atomic mass is 9.90. The van der Waals surface area contributed by atoms with E-state index in [9.17, 15) is 0 Å². The molecule has 0 aliphatic rings. The van der Waals surface area contributed by atoms with Crippen molar-refractivity contribution in [2.24, 2.45) is 21.1 Å². The summed E-state index contributed by atoms with van der Waals surface area (Å²) in [7, 11) is 5.87. The van der Waals surface area contributed by atoms with Gasteiger partial charge in [0, 0.05) is 74.0 Å². The molecular weight excluding hydrogens is 813 g/mol. The summed E-state index contributed by atoms with van der Waals surface area (Å²) >= 11 is 0. The van der Waals surface area contributed by atoms with Crippen molar-refractivity contribution >= 4 is 0 Å². The normalized spacial score (nSPS) is 10.8. The Kier molecular flexibility index (Phi) is 27.4. The molecule has 0 atom stereocenters. The third-order valence-corrected chi connectivity index (χ3v) is 9.03. The first kappa shape index (κ1) is 61.4. The molecule has 16 nitrogen and oxygen atoms in total. The monoisotopic (exact) mass is 903 g/mol. The number of aromatic amines is 1. The van der Waals surface area contributed by atoms with Crippen LogP contribution in [0.4, 0.5) is 0 Å². The predicted molar refractivity (Wildman–Crippen MR) is 270 cm³/mol. The van der Waals surface area contributed by atoms with Gasteiger partial charge >= 0.3 is 0 Å². The third kappa shape index (κ3) is 24.3. The van der Waals surface area contributed by atoms with Crippen LogP contribution in [0.3, 0.4) is 0 Å². The van der Waals surface area contributed by atoms with Crippen molar-refractivity contribution in [2.75, 3.05) is 0 Å². The fourth-order valence-electron chi connectivity index (χ4n) is 5.40. The van der Waals surface area contributed by atoms with Crippen molar-refractivity contribution in [3.63, 3.8) is 0 Å². The fraction of sp³-hybridized carbons (Fsp3) is 0.612. The first-order valence-corrected chi connectivity index (χ1v) is 21.8. The number of H-pyrrole nitrogens is 1. The molecule has 0 fully saturated rings. The Hall–Kier alpha value is -5.67. The van der Waals surface area contributed by atoms with E-state index in [2.05, 4.69) is 180 Å². The van der Waals surface area contributed by atoms with Crippen molar-refractivity contribution in [1.82, 2.24) is 78.8 Å². The van der Waals surface area contributed by atoms with Crippen molar-refractivity contribution < 1.29 is 0 Å². The summed E-state index contributed by atoms with van der Waals surface area (Å²) in [5.74, 6) is 0.630. The maximum atomic E-state index is 4.30. The molecule has 0 saturated carbocycles. The van der Waals surface area contributed by atoms with E-state index in [1.807, 2.05) is 84.5 Å². The van der Waals surface area contributed by atoms with E-state index in [0.717, 1.165) is 5.69 Å². The molecule has 0 aromatic carbocycles. The number of aryl methyl sites for hydroxylation is 4. The molecule has 0 amide bonds. The summed E-state index contributed by atoms with van der Waals surface area (Å²) in [6, 6.07) is 7.47. The summed E-state index contributed by atoms with van der Waals surface area (Å²) in [5.41, 5.74) is 6.96. The van der Waals surface area contributed by atoms with Crippen LogP contribution < -0.4 is 0 Å². The van der Waals surface area contributed by atoms with Crippen molar-refractivity contribution in [1.29, 1.82) is 0 Å². The van der Waals surface area contributed by atoms with E-state index in [0.29, 0.717) is 24.0 Å². The van der Waals surface area contributed by atoms with Crippen molar-refractivity contribution in [2.45, 2.75) is 180 Å². The zero-order valence-corrected chi connectivity index (χ0v) is 42.6. The SMILES string of the molecule is C.C.CC(C)c1ccc[nH]1.CC(C)n1cncn1.CC(C)n1cnnc1.CC(C)n1nccn1.Cc1cnn(C)c1C(C)(C)C.Cn1cc(C(C)(C)C)cn1.Cn1ccc(C(C)(C)C)n1. The average Bonchev–Trinajstić information content (AvgIpc) is 4.02. The van der Waals surface area contributed by atoms with Crippen LogP contribution in [0.15, 0.2) is 86.9 Å². The van der Waals surface area contributed by atoms with Gasteiger partial charge in [-0.2, -0.15) is 35.4 Å². The zero-order valence-electron chi connectivity index (χ0n) is 42.6. The number of hydrogen-bond donors (Lipinski definition) is 1. The van der Waals surface area contributed by atoms with Gasteiger partial charge in [0.1, 0.15) is 25.3 Å². The summed E-state index contributed by atoms with van der Waals surface area (Å²) in [5, 5.41) is 31.7. The Morgan fingerprint density at radius 1 is 0.615 bits per heavy atom. The number of aromatic nitrogens is 16. The molecule has 7 aromatic heterocycles. The molecule has 7 aromatic rings. The Bertz CT molecular complexity index is 1900. The van der Waals surface area contributed by atoms with Crippen LogP contribution in [0.2, 0.25) is 0 Å². The summed E-state index contributed by atoms with van der Waals surface area (Å²) in [6.45, 7) is 38.5. The Morgan fingerprint density at radius 2 is 1.20 bits per heavy atom. The molecule has 7 heterocycles. The second-order valence-electron chi connectivity index (χ2n) is 19.5. The topological polar surface area (TPSA) is 161 Å². The zero-order chi connectivity index (χ0) is 48.1. The minimum absolute atomic E-state index is 0. The molecule has 0 bridgehead atoms. The molecule has 0 aliphatic carbocycles. The van der Waals surface area contributed by atoms with Gasteiger partial charge in [-0.15, -0.1) is 10.2 Å². The number of nitrogens with zero attached hydrogens (tertiary/aromatic N) is 15. The molecule has 0 spiro atoms. The van der Waals surface area contributed by atoms with E-state index in [1.165, 1.54) is 22.5 Å². The van der Waals surface area contributed by atoms with Crippen molar-refractivity contribution in [3.8, 4) is 0 Å². The molecule has 1 N–H and O–H groups in total. The third-order valence-electron chi connectivity index (χ3n) is 9.03. The van der Waals surface area contributed by atoms with Gasteiger partial charge in [-0.05, 0) is 89.1 Å².